The lowest BCUT2D eigenvalue weighted by molar-refractivity contribution is -0.117. The van der Waals surface area contributed by atoms with Crippen molar-refractivity contribution in [2.75, 3.05) is 5.32 Å². The zero-order chi connectivity index (χ0) is 17.4. The summed E-state index contributed by atoms with van der Waals surface area (Å²) in [7, 11) is 0. The number of phenolic OH excluding ortho intramolecular Hbond substituents is 1. The van der Waals surface area contributed by atoms with Crippen LogP contribution in [0.3, 0.4) is 0 Å². The third-order valence-electron chi connectivity index (χ3n) is 3.65. The van der Waals surface area contributed by atoms with Gasteiger partial charge in [0.1, 0.15) is 18.0 Å². The Morgan fingerprint density at radius 3 is 2.83 bits per heavy atom. The number of hydrogen-bond acceptors (Lipinski definition) is 3. The maximum absolute atomic E-state index is 13.0. The fourth-order valence-electron chi connectivity index (χ4n) is 2.41. The summed E-state index contributed by atoms with van der Waals surface area (Å²) >= 11 is 8.99. The molecule has 1 aliphatic carbocycles. The number of halogens is 4. The number of phenols is 1. The van der Waals surface area contributed by atoms with E-state index in [1.807, 2.05) is 0 Å². The van der Waals surface area contributed by atoms with Crippen LogP contribution < -0.4 is 5.32 Å². The molecule has 2 N–H and O–H groups in total. The Labute approximate surface area is 149 Å². The zero-order valence-corrected chi connectivity index (χ0v) is 14.6. The standard InChI is InChI=1S/C15H13BrClF2N3O2/c16-12-13(15(18)19)21-22(14(12)7-1-2-7)6-11(24)20-9-5-8(17)3-4-10(9)23/h3-5,7,15,23H,1-2,6H2,(H,20,24). The molecule has 0 spiro atoms. The van der Waals surface area contributed by atoms with Gasteiger partial charge in [-0.25, -0.2) is 8.78 Å². The molecule has 0 aliphatic heterocycles. The van der Waals surface area contributed by atoms with Crippen molar-refractivity contribution in [1.29, 1.82) is 0 Å². The summed E-state index contributed by atoms with van der Waals surface area (Å²) in [6.07, 6.45) is -0.967. The fourth-order valence-corrected chi connectivity index (χ4v) is 3.37. The summed E-state index contributed by atoms with van der Waals surface area (Å²) in [5, 5.41) is 16.4. The zero-order valence-electron chi connectivity index (χ0n) is 12.3. The van der Waals surface area contributed by atoms with Crippen molar-refractivity contribution in [2.24, 2.45) is 0 Å². The molecular weight excluding hydrogens is 408 g/mol. The van der Waals surface area contributed by atoms with E-state index in [1.165, 1.54) is 22.9 Å². The van der Waals surface area contributed by atoms with E-state index in [-0.39, 0.29) is 34.1 Å². The molecule has 128 valence electrons. The first kappa shape index (κ1) is 17.2. The Kier molecular flexibility index (Phi) is 4.78. The molecule has 1 fully saturated rings. The van der Waals surface area contributed by atoms with Crippen LogP contribution >= 0.6 is 27.5 Å². The van der Waals surface area contributed by atoms with Gasteiger partial charge in [-0.1, -0.05) is 11.6 Å². The lowest BCUT2D eigenvalue weighted by atomic mass is 10.2. The van der Waals surface area contributed by atoms with Crippen molar-refractivity contribution in [3.63, 3.8) is 0 Å². The number of aromatic nitrogens is 2. The van der Waals surface area contributed by atoms with Crippen LogP contribution in [0, 0.1) is 0 Å². The molecule has 0 unspecified atom stereocenters. The van der Waals surface area contributed by atoms with E-state index in [0.29, 0.717) is 10.7 Å². The number of anilines is 1. The monoisotopic (exact) mass is 419 g/mol. The van der Waals surface area contributed by atoms with Gasteiger partial charge in [-0.05, 0) is 47.0 Å². The Balaban J connectivity index is 1.81. The third kappa shape index (κ3) is 3.54. The highest BCUT2D eigenvalue weighted by atomic mass is 79.9. The SMILES string of the molecule is O=C(Cn1nc(C(F)F)c(Br)c1C1CC1)Nc1cc(Cl)ccc1O. The highest BCUT2D eigenvalue weighted by Gasteiger charge is 2.34. The van der Waals surface area contributed by atoms with E-state index in [1.54, 1.807) is 0 Å². The first-order valence-corrected chi connectivity index (χ1v) is 8.36. The average Bonchev–Trinajstić information content (AvgIpc) is 3.27. The van der Waals surface area contributed by atoms with E-state index in [0.717, 1.165) is 12.8 Å². The lowest BCUT2D eigenvalue weighted by Gasteiger charge is -2.10. The number of hydrogen-bond donors (Lipinski definition) is 2. The number of alkyl halides is 2. The number of aromatic hydroxyl groups is 1. The largest absolute Gasteiger partial charge is 0.506 e. The molecule has 0 radical (unpaired) electrons. The second-order valence-electron chi connectivity index (χ2n) is 5.53. The molecule has 1 heterocycles. The molecule has 9 heteroatoms. The predicted octanol–water partition coefficient (Wildman–Crippen LogP) is 4.46. The molecule has 1 aromatic carbocycles. The topological polar surface area (TPSA) is 67.2 Å². The number of nitrogens with one attached hydrogen (secondary N) is 1. The van der Waals surface area contributed by atoms with Crippen LogP contribution in [0.5, 0.6) is 5.75 Å². The Hall–Kier alpha value is -1.67. The van der Waals surface area contributed by atoms with Crippen molar-refractivity contribution < 1.29 is 18.7 Å². The highest BCUT2D eigenvalue weighted by molar-refractivity contribution is 9.10. The first-order valence-electron chi connectivity index (χ1n) is 7.19. The molecule has 2 aromatic rings. The number of rotatable bonds is 5. The average molecular weight is 421 g/mol. The first-order chi connectivity index (χ1) is 11.4. The molecule has 0 atom stereocenters. The van der Waals surface area contributed by atoms with Crippen molar-refractivity contribution in [1.82, 2.24) is 9.78 Å². The van der Waals surface area contributed by atoms with Gasteiger partial charge in [-0.15, -0.1) is 0 Å². The van der Waals surface area contributed by atoms with Gasteiger partial charge in [-0.2, -0.15) is 5.10 Å². The van der Waals surface area contributed by atoms with Crippen LogP contribution in [0.15, 0.2) is 22.7 Å². The predicted molar refractivity (Wildman–Crippen MR) is 88.6 cm³/mol. The third-order valence-corrected chi connectivity index (χ3v) is 4.70. The Morgan fingerprint density at radius 1 is 1.50 bits per heavy atom. The minimum absolute atomic E-state index is 0.131. The van der Waals surface area contributed by atoms with Gasteiger partial charge in [0.2, 0.25) is 5.91 Å². The summed E-state index contributed by atoms with van der Waals surface area (Å²) in [6, 6.07) is 4.24. The highest BCUT2D eigenvalue weighted by Crippen LogP contribution is 2.45. The normalized spacial score (nSPS) is 14.2. The summed E-state index contributed by atoms with van der Waals surface area (Å²) in [5.74, 6) is -0.498. The Bertz CT molecular complexity index is 793. The molecule has 1 aromatic heterocycles. The van der Waals surface area contributed by atoms with Crippen molar-refractivity contribution >= 4 is 39.1 Å². The van der Waals surface area contributed by atoms with Gasteiger partial charge < -0.3 is 10.4 Å². The van der Waals surface area contributed by atoms with Crippen LogP contribution in [-0.2, 0) is 11.3 Å². The van der Waals surface area contributed by atoms with Crippen molar-refractivity contribution in [3.8, 4) is 5.75 Å². The second kappa shape index (κ2) is 6.68. The molecule has 1 saturated carbocycles. The van der Waals surface area contributed by atoms with Gasteiger partial charge >= 0.3 is 0 Å². The van der Waals surface area contributed by atoms with Crippen LogP contribution in [0.4, 0.5) is 14.5 Å². The number of nitrogens with zero attached hydrogens (tertiary/aromatic N) is 2. The molecule has 24 heavy (non-hydrogen) atoms. The number of carbonyl (C=O) groups excluding carboxylic acids is 1. The maximum atomic E-state index is 13.0. The van der Waals surface area contributed by atoms with Gasteiger partial charge in [0, 0.05) is 10.9 Å². The van der Waals surface area contributed by atoms with E-state index in [2.05, 4.69) is 26.3 Å². The Morgan fingerprint density at radius 2 is 2.21 bits per heavy atom. The van der Waals surface area contributed by atoms with E-state index in [9.17, 15) is 18.7 Å². The van der Waals surface area contributed by atoms with Gasteiger partial charge in [0.05, 0.1) is 15.9 Å². The van der Waals surface area contributed by atoms with Gasteiger partial charge in [0.15, 0.2) is 0 Å². The lowest BCUT2D eigenvalue weighted by Crippen LogP contribution is -2.21. The smallest absolute Gasteiger partial charge is 0.283 e. The van der Waals surface area contributed by atoms with Crippen LogP contribution in [0.2, 0.25) is 5.02 Å². The van der Waals surface area contributed by atoms with Crippen LogP contribution in [0.1, 0.15) is 36.6 Å². The summed E-state index contributed by atoms with van der Waals surface area (Å²) in [6.45, 7) is -0.233. The molecule has 0 saturated heterocycles. The van der Waals surface area contributed by atoms with Crippen molar-refractivity contribution in [2.45, 2.75) is 31.7 Å². The minimum Gasteiger partial charge on any atom is -0.506 e. The van der Waals surface area contributed by atoms with Gasteiger partial charge in [0.25, 0.3) is 6.43 Å². The summed E-state index contributed by atoms with van der Waals surface area (Å²) in [5.41, 5.74) is 0.395. The van der Waals surface area contributed by atoms with E-state index >= 15 is 0 Å². The van der Waals surface area contributed by atoms with Crippen molar-refractivity contribution in [3.05, 3.63) is 39.1 Å². The minimum atomic E-state index is -2.72. The molecule has 1 aliphatic rings. The van der Waals surface area contributed by atoms with Crippen LogP contribution in [-0.4, -0.2) is 20.8 Å². The fraction of sp³-hybridized carbons (Fsp3) is 0.333. The molecular formula is C15H13BrClF2N3O2. The quantitative estimate of drug-likeness (QED) is 0.702. The second-order valence-corrected chi connectivity index (χ2v) is 6.76. The molecule has 0 bridgehead atoms. The van der Waals surface area contributed by atoms with Crippen LogP contribution in [0.25, 0.3) is 0 Å². The van der Waals surface area contributed by atoms with E-state index < -0.39 is 12.3 Å². The number of benzene rings is 1. The summed E-state index contributed by atoms with van der Waals surface area (Å²) in [4.78, 5) is 12.2. The summed E-state index contributed by atoms with van der Waals surface area (Å²) < 4.78 is 27.6. The molecule has 3 rings (SSSR count). The number of amides is 1. The maximum Gasteiger partial charge on any atom is 0.283 e. The molecule has 5 nitrogen and oxygen atoms in total. The van der Waals surface area contributed by atoms with E-state index in [4.69, 9.17) is 11.6 Å². The number of carbonyl (C=O) groups is 1. The molecule has 1 amide bonds. The van der Waals surface area contributed by atoms with Gasteiger partial charge in [-0.3, -0.25) is 9.48 Å².